The van der Waals surface area contributed by atoms with Crippen molar-refractivity contribution in [3.8, 4) is 0 Å². The van der Waals surface area contributed by atoms with Crippen molar-refractivity contribution in [2.45, 2.75) is 39.4 Å². The van der Waals surface area contributed by atoms with Crippen LogP contribution in [0.15, 0.2) is 17.1 Å². The molecule has 0 aromatic carbocycles. The number of nitro groups is 1. The van der Waals surface area contributed by atoms with Crippen molar-refractivity contribution in [1.82, 2.24) is 14.8 Å². The fourth-order valence-corrected chi connectivity index (χ4v) is 2.94. The Balaban J connectivity index is 2.10. The van der Waals surface area contributed by atoms with E-state index in [-0.39, 0.29) is 5.69 Å². The molecule has 0 aliphatic carbocycles. The Kier molecular flexibility index (Phi) is 4.74. The quantitative estimate of drug-likeness (QED) is 0.654. The summed E-state index contributed by atoms with van der Waals surface area (Å²) in [7, 11) is 0. The Hall–Kier alpha value is -1.73. The summed E-state index contributed by atoms with van der Waals surface area (Å²) in [5, 5.41) is 14.3. The lowest BCUT2D eigenvalue weighted by molar-refractivity contribution is -0.386. The number of piperazine rings is 1. The van der Waals surface area contributed by atoms with Gasteiger partial charge in [-0.05, 0) is 26.3 Å². The first-order valence-electron chi connectivity index (χ1n) is 7.20. The molecule has 1 aromatic rings. The molecule has 2 unspecified atom stereocenters. The van der Waals surface area contributed by atoms with Gasteiger partial charge in [-0.1, -0.05) is 0 Å². The van der Waals surface area contributed by atoms with Crippen molar-refractivity contribution >= 4 is 5.69 Å². The molecule has 1 saturated heterocycles. The van der Waals surface area contributed by atoms with Gasteiger partial charge >= 0.3 is 11.2 Å². The minimum Gasteiger partial charge on any atom is -0.309 e. The zero-order valence-corrected chi connectivity index (χ0v) is 12.7. The van der Waals surface area contributed by atoms with Gasteiger partial charge < -0.3 is 9.88 Å². The summed E-state index contributed by atoms with van der Waals surface area (Å²) < 4.78 is 1.45. The predicted octanol–water partition coefficient (Wildman–Crippen LogP) is 0.747. The third-order valence-corrected chi connectivity index (χ3v) is 3.69. The van der Waals surface area contributed by atoms with Crippen LogP contribution < -0.4 is 10.9 Å². The lowest BCUT2D eigenvalue weighted by Crippen LogP contribution is -2.54. The highest BCUT2D eigenvalue weighted by Gasteiger charge is 2.21. The molecule has 0 saturated carbocycles. The van der Waals surface area contributed by atoms with E-state index in [1.54, 1.807) is 13.1 Å². The summed E-state index contributed by atoms with van der Waals surface area (Å²) in [6, 6.07) is 2.16. The van der Waals surface area contributed by atoms with E-state index in [2.05, 4.69) is 24.1 Å². The van der Waals surface area contributed by atoms with Crippen molar-refractivity contribution in [2.75, 3.05) is 19.6 Å². The SMILES string of the molecule is Cc1cc([N+](=O)[O-])c(=O)n(CCN2CC(C)NC(C)C2)c1. The summed E-state index contributed by atoms with van der Waals surface area (Å²) in [5.74, 6) is 0. The average molecular weight is 294 g/mol. The highest BCUT2D eigenvalue weighted by molar-refractivity contribution is 5.30. The van der Waals surface area contributed by atoms with E-state index in [0.717, 1.165) is 25.2 Å². The highest BCUT2D eigenvalue weighted by atomic mass is 16.6. The maximum atomic E-state index is 12.1. The molecule has 0 bridgehead atoms. The van der Waals surface area contributed by atoms with Gasteiger partial charge in [0.2, 0.25) is 0 Å². The first-order chi connectivity index (χ1) is 9.86. The molecule has 2 heterocycles. The Morgan fingerprint density at radius 3 is 2.52 bits per heavy atom. The van der Waals surface area contributed by atoms with Gasteiger partial charge in [-0.3, -0.25) is 19.8 Å². The zero-order chi connectivity index (χ0) is 15.6. The first kappa shape index (κ1) is 15.7. The minimum absolute atomic E-state index is 0.350. The summed E-state index contributed by atoms with van der Waals surface area (Å²) >= 11 is 0. The van der Waals surface area contributed by atoms with Crippen LogP contribution in [0.1, 0.15) is 19.4 Å². The maximum Gasteiger partial charge on any atom is 0.334 e. The number of hydrogen-bond donors (Lipinski definition) is 1. The number of hydrogen-bond acceptors (Lipinski definition) is 5. The summed E-state index contributed by atoms with van der Waals surface area (Å²) in [5.41, 5.74) is -0.151. The number of rotatable bonds is 4. The van der Waals surface area contributed by atoms with Crippen molar-refractivity contribution in [3.63, 3.8) is 0 Å². The topological polar surface area (TPSA) is 80.4 Å². The molecular weight excluding hydrogens is 272 g/mol. The maximum absolute atomic E-state index is 12.1. The van der Waals surface area contributed by atoms with Crippen LogP contribution in [0.5, 0.6) is 0 Å². The molecule has 2 rings (SSSR count). The molecule has 0 amide bonds. The molecule has 2 atom stereocenters. The third-order valence-electron chi connectivity index (χ3n) is 3.69. The lowest BCUT2D eigenvalue weighted by atomic mass is 10.1. The van der Waals surface area contributed by atoms with Gasteiger partial charge in [0.05, 0.1) is 4.92 Å². The Morgan fingerprint density at radius 1 is 1.33 bits per heavy atom. The number of aromatic nitrogens is 1. The molecule has 1 aromatic heterocycles. The second-order valence-corrected chi connectivity index (χ2v) is 5.89. The Morgan fingerprint density at radius 2 is 1.95 bits per heavy atom. The molecular formula is C14H22N4O3. The van der Waals surface area contributed by atoms with Crippen LogP contribution >= 0.6 is 0 Å². The van der Waals surface area contributed by atoms with Crippen LogP contribution in [0.4, 0.5) is 5.69 Å². The number of pyridine rings is 1. The van der Waals surface area contributed by atoms with Crippen molar-refractivity contribution in [2.24, 2.45) is 0 Å². The largest absolute Gasteiger partial charge is 0.334 e. The van der Waals surface area contributed by atoms with Gasteiger partial charge in [0, 0.05) is 50.5 Å². The molecule has 1 N–H and O–H groups in total. The number of aryl methyl sites for hydroxylation is 1. The fourth-order valence-electron chi connectivity index (χ4n) is 2.94. The van der Waals surface area contributed by atoms with Gasteiger partial charge in [0.1, 0.15) is 0 Å². The molecule has 1 aliphatic rings. The van der Waals surface area contributed by atoms with E-state index in [1.165, 1.54) is 10.6 Å². The molecule has 0 spiro atoms. The highest BCUT2D eigenvalue weighted by Crippen LogP contribution is 2.08. The van der Waals surface area contributed by atoms with Gasteiger partial charge in [-0.2, -0.15) is 0 Å². The number of nitrogens with zero attached hydrogens (tertiary/aromatic N) is 3. The lowest BCUT2D eigenvalue weighted by Gasteiger charge is -2.36. The summed E-state index contributed by atoms with van der Waals surface area (Å²) in [4.78, 5) is 24.6. The molecule has 21 heavy (non-hydrogen) atoms. The smallest absolute Gasteiger partial charge is 0.309 e. The van der Waals surface area contributed by atoms with E-state index in [1.807, 2.05) is 0 Å². The van der Waals surface area contributed by atoms with Gasteiger partial charge in [0.25, 0.3) is 0 Å². The molecule has 116 valence electrons. The van der Waals surface area contributed by atoms with Crippen LogP contribution in [0.25, 0.3) is 0 Å². The van der Waals surface area contributed by atoms with Gasteiger partial charge in [-0.15, -0.1) is 0 Å². The van der Waals surface area contributed by atoms with Crippen LogP contribution in [-0.4, -0.2) is 46.1 Å². The van der Waals surface area contributed by atoms with E-state index < -0.39 is 10.5 Å². The van der Waals surface area contributed by atoms with Crippen molar-refractivity contribution < 1.29 is 4.92 Å². The molecule has 7 heteroatoms. The van der Waals surface area contributed by atoms with Crippen LogP contribution in [0.2, 0.25) is 0 Å². The normalized spacial score (nSPS) is 23.2. The average Bonchev–Trinajstić information content (AvgIpc) is 2.38. The first-order valence-corrected chi connectivity index (χ1v) is 7.20. The van der Waals surface area contributed by atoms with Crippen molar-refractivity contribution in [1.29, 1.82) is 0 Å². The third kappa shape index (κ3) is 3.89. The van der Waals surface area contributed by atoms with E-state index >= 15 is 0 Å². The predicted molar refractivity (Wildman–Crippen MR) is 80.6 cm³/mol. The van der Waals surface area contributed by atoms with Gasteiger partial charge in [-0.25, -0.2) is 0 Å². The Labute approximate surface area is 123 Å². The van der Waals surface area contributed by atoms with E-state index in [4.69, 9.17) is 0 Å². The summed E-state index contributed by atoms with van der Waals surface area (Å²) in [6.45, 7) is 9.06. The standard InChI is InChI=1S/C14H22N4O3/c1-10-6-13(18(20)21)14(19)17(7-10)5-4-16-8-11(2)15-12(3)9-16/h6-7,11-12,15H,4-5,8-9H2,1-3H3. The van der Waals surface area contributed by atoms with Crippen LogP contribution in [-0.2, 0) is 6.54 Å². The fraction of sp³-hybridized carbons (Fsp3) is 0.643. The second kappa shape index (κ2) is 6.36. The minimum atomic E-state index is -0.610. The molecule has 7 nitrogen and oxygen atoms in total. The van der Waals surface area contributed by atoms with Crippen molar-refractivity contribution in [3.05, 3.63) is 38.3 Å². The van der Waals surface area contributed by atoms with E-state index in [9.17, 15) is 14.9 Å². The molecule has 1 aliphatic heterocycles. The molecule has 0 radical (unpaired) electrons. The summed E-state index contributed by atoms with van der Waals surface area (Å²) in [6.07, 6.45) is 1.68. The van der Waals surface area contributed by atoms with E-state index in [0.29, 0.717) is 18.6 Å². The number of nitrogens with one attached hydrogen (secondary N) is 1. The van der Waals surface area contributed by atoms with Crippen LogP contribution in [0, 0.1) is 17.0 Å². The van der Waals surface area contributed by atoms with Gasteiger partial charge in [0.15, 0.2) is 0 Å². The molecule has 1 fully saturated rings. The zero-order valence-electron chi connectivity index (χ0n) is 12.7. The van der Waals surface area contributed by atoms with Crippen LogP contribution in [0.3, 0.4) is 0 Å². The second-order valence-electron chi connectivity index (χ2n) is 5.89. The Bertz CT molecular complexity index is 574. The monoisotopic (exact) mass is 294 g/mol.